The van der Waals surface area contributed by atoms with Crippen LogP contribution in [-0.4, -0.2) is 36.7 Å². The average Bonchev–Trinajstić information content (AvgIpc) is 2.43. The molecule has 1 aromatic carbocycles. The summed E-state index contributed by atoms with van der Waals surface area (Å²) in [4.78, 5) is 22.0. The van der Waals surface area contributed by atoms with Crippen LogP contribution in [-0.2, 0) is 9.53 Å². The standard InChI is InChI=1S/C14H20N2O5/c1-4-15-12(14(17)20-5-2)9-21-11-6-7-13(16(18)19)10(3)8-11/h6-8,12,15H,4-5,9H2,1-3H3. The minimum absolute atomic E-state index is 0.0379. The molecule has 0 bridgehead atoms. The maximum absolute atomic E-state index is 11.7. The number of aryl methyl sites for hydroxylation is 1. The highest BCUT2D eigenvalue weighted by atomic mass is 16.6. The summed E-state index contributed by atoms with van der Waals surface area (Å²) < 4.78 is 10.5. The van der Waals surface area contributed by atoms with Gasteiger partial charge in [0, 0.05) is 11.6 Å². The minimum atomic E-state index is -0.564. The largest absolute Gasteiger partial charge is 0.491 e. The van der Waals surface area contributed by atoms with E-state index in [1.807, 2.05) is 6.92 Å². The quantitative estimate of drug-likeness (QED) is 0.447. The number of carbonyl (C=O) groups excluding carboxylic acids is 1. The van der Waals surface area contributed by atoms with Crippen molar-refractivity contribution in [2.24, 2.45) is 0 Å². The number of esters is 1. The van der Waals surface area contributed by atoms with E-state index in [1.165, 1.54) is 12.1 Å². The fraction of sp³-hybridized carbons (Fsp3) is 0.500. The van der Waals surface area contributed by atoms with E-state index in [-0.39, 0.29) is 18.3 Å². The van der Waals surface area contributed by atoms with E-state index in [1.54, 1.807) is 19.9 Å². The van der Waals surface area contributed by atoms with Crippen molar-refractivity contribution in [1.82, 2.24) is 5.32 Å². The molecule has 7 heteroatoms. The van der Waals surface area contributed by atoms with E-state index in [0.29, 0.717) is 24.5 Å². The van der Waals surface area contributed by atoms with Crippen molar-refractivity contribution in [3.05, 3.63) is 33.9 Å². The molecule has 0 fully saturated rings. The number of likely N-dealkylation sites (N-methyl/N-ethyl adjacent to an activating group) is 1. The van der Waals surface area contributed by atoms with Crippen molar-refractivity contribution in [2.75, 3.05) is 19.8 Å². The Labute approximate surface area is 123 Å². The normalized spacial score (nSPS) is 11.8. The SMILES string of the molecule is CCNC(COc1ccc([N+](=O)[O-])c(C)c1)C(=O)OCC. The summed E-state index contributed by atoms with van der Waals surface area (Å²) in [6.45, 7) is 6.26. The van der Waals surface area contributed by atoms with Gasteiger partial charge < -0.3 is 14.8 Å². The van der Waals surface area contributed by atoms with Gasteiger partial charge in [-0.2, -0.15) is 0 Å². The lowest BCUT2D eigenvalue weighted by molar-refractivity contribution is -0.385. The van der Waals surface area contributed by atoms with Gasteiger partial charge in [-0.1, -0.05) is 6.92 Å². The van der Waals surface area contributed by atoms with Crippen LogP contribution in [0.5, 0.6) is 5.75 Å². The fourth-order valence-electron chi connectivity index (χ4n) is 1.80. The third-order valence-electron chi connectivity index (χ3n) is 2.80. The van der Waals surface area contributed by atoms with Crippen molar-refractivity contribution in [3.63, 3.8) is 0 Å². The number of nitro groups is 1. The van der Waals surface area contributed by atoms with E-state index in [9.17, 15) is 14.9 Å². The topological polar surface area (TPSA) is 90.7 Å². The zero-order valence-corrected chi connectivity index (χ0v) is 12.4. The molecule has 1 aromatic rings. The molecule has 0 spiro atoms. The Morgan fingerprint density at radius 1 is 1.43 bits per heavy atom. The summed E-state index contributed by atoms with van der Waals surface area (Å²) in [5.41, 5.74) is 0.546. The Morgan fingerprint density at radius 3 is 2.67 bits per heavy atom. The zero-order valence-electron chi connectivity index (χ0n) is 12.4. The van der Waals surface area contributed by atoms with Crippen LogP contribution < -0.4 is 10.1 Å². The summed E-state index contributed by atoms with van der Waals surface area (Å²) in [7, 11) is 0. The smallest absolute Gasteiger partial charge is 0.326 e. The third kappa shape index (κ3) is 5.03. The molecule has 0 radical (unpaired) electrons. The van der Waals surface area contributed by atoms with Crippen LogP contribution in [0.25, 0.3) is 0 Å². The van der Waals surface area contributed by atoms with E-state index >= 15 is 0 Å². The molecule has 21 heavy (non-hydrogen) atoms. The van der Waals surface area contributed by atoms with Gasteiger partial charge >= 0.3 is 5.97 Å². The highest BCUT2D eigenvalue weighted by Gasteiger charge is 2.20. The molecule has 1 N–H and O–H groups in total. The molecule has 0 heterocycles. The van der Waals surface area contributed by atoms with E-state index in [2.05, 4.69) is 5.32 Å². The number of hydrogen-bond acceptors (Lipinski definition) is 6. The van der Waals surface area contributed by atoms with Crippen LogP contribution >= 0.6 is 0 Å². The monoisotopic (exact) mass is 296 g/mol. The second kappa shape index (κ2) is 8.21. The van der Waals surface area contributed by atoms with Crippen LogP contribution in [0.15, 0.2) is 18.2 Å². The van der Waals surface area contributed by atoms with Gasteiger partial charge in [0.15, 0.2) is 0 Å². The highest BCUT2D eigenvalue weighted by molar-refractivity contribution is 5.76. The Hall–Kier alpha value is -2.15. The molecule has 0 aromatic heterocycles. The lowest BCUT2D eigenvalue weighted by Crippen LogP contribution is -2.42. The number of nitrogens with zero attached hydrogens (tertiary/aromatic N) is 1. The molecule has 1 atom stereocenters. The Balaban J connectivity index is 2.69. The van der Waals surface area contributed by atoms with Crippen LogP contribution in [0.2, 0.25) is 0 Å². The first-order valence-electron chi connectivity index (χ1n) is 6.77. The first kappa shape index (κ1) is 16.9. The van der Waals surface area contributed by atoms with Gasteiger partial charge in [-0.3, -0.25) is 14.9 Å². The molecular weight excluding hydrogens is 276 g/mol. The fourth-order valence-corrected chi connectivity index (χ4v) is 1.80. The van der Waals surface area contributed by atoms with Gasteiger partial charge in [0.05, 0.1) is 11.5 Å². The number of nitro benzene ring substituents is 1. The van der Waals surface area contributed by atoms with Gasteiger partial charge in [-0.25, -0.2) is 0 Å². The van der Waals surface area contributed by atoms with Gasteiger partial charge in [-0.05, 0) is 32.5 Å². The summed E-state index contributed by atoms with van der Waals surface area (Å²) in [5, 5.41) is 13.7. The average molecular weight is 296 g/mol. The molecule has 1 rings (SSSR count). The number of nitrogens with one attached hydrogen (secondary N) is 1. The molecule has 0 saturated heterocycles. The van der Waals surface area contributed by atoms with E-state index in [0.717, 1.165) is 0 Å². The molecule has 116 valence electrons. The second-order valence-electron chi connectivity index (χ2n) is 4.38. The number of rotatable bonds is 8. The van der Waals surface area contributed by atoms with Crippen molar-refractivity contribution >= 4 is 11.7 Å². The molecule has 0 aliphatic carbocycles. The molecule has 0 amide bonds. The van der Waals surface area contributed by atoms with Crippen molar-refractivity contribution in [3.8, 4) is 5.75 Å². The summed E-state index contributed by atoms with van der Waals surface area (Å²) in [6.07, 6.45) is 0. The predicted octanol–water partition coefficient (Wildman–Crippen LogP) is 1.82. The predicted molar refractivity (Wildman–Crippen MR) is 77.4 cm³/mol. The van der Waals surface area contributed by atoms with E-state index in [4.69, 9.17) is 9.47 Å². The number of ether oxygens (including phenoxy) is 2. The van der Waals surface area contributed by atoms with Crippen LogP contribution in [0, 0.1) is 17.0 Å². The highest BCUT2D eigenvalue weighted by Crippen LogP contribution is 2.23. The molecule has 1 unspecified atom stereocenters. The van der Waals surface area contributed by atoms with Gasteiger partial charge in [-0.15, -0.1) is 0 Å². The second-order valence-corrected chi connectivity index (χ2v) is 4.38. The Bertz CT molecular complexity index is 504. The number of carbonyl (C=O) groups is 1. The maximum atomic E-state index is 11.7. The van der Waals surface area contributed by atoms with Gasteiger partial charge in [0.2, 0.25) is 0 Å². The third-order valence-corrected chi connectivity index (χ3v) is 2.80. The molecule has 0 aliphatic rings. The van der Waals surface area contributed by atoms with Gasteiger partial charge in [0.25, 0.3) is 5.69 Å². The minimum Gasteiger partial charge on any atom is -0.491 e. The maximum Gasteiger partial charge on any atom is 0.326 e. The van der Waals surface area contributed by atoms with Crippen LogP contribution in [0.1, 0.15) is 19.4 Å². The lowest BCUT2D eigenvalue weighted by atomic mass is 10.2. The Morgan fingerprint density at radius 2 is 2.14 bits per heavy atom. The summed E-state index contributed by atoms with van der Waals surface area (Å²) in [5.74, 6) is 0.100. The van der Waals surface area contributed by atoms with E-state index < -0.39 is 11.0 Å². The van der Waals surface area contributed by atoms with Crippen molar-refractivity contribution < 1.29 is 19.2 Å². The summed E-state index contributed by atoms with van der Waals surface area (Å²) in [6, 6.07) is 3.91. The van der Waals surface area contributed by atoms with Crippen LogP contribution in [0.4, 0.5) is 5.69 Å². The van der Waals surface area contributed by atoms with Crippen molar-refractivity contribution in [2.45, 2.75) is 26.8 Å². The first-order valence-corrected chi connectivity index (χ1v) is 6.77. The Kier molecular flexibility index (Phi) is 6.61. The molecule has 0 aliphatic heterocycles. The first-order chi connectivity index (χ1) is 9.99. The molecule has 7 nitrogen and oxygen atoms in total. The summed E-state index contributed by atoms with van der Waals surface area (Å²) >= 11 is 0. The van der Waals surface area contributed by atoms with Crippen LogP contribution in [0.3, 0.4) is 0 Å². The molecule has 0 saturated carbocycles. The zero-order chi connectivity index (χ0) is 15.8. The van der Waals surface area contributed by atoms with Gasteiger partial charge in [0.1, 0.15) is 18.4 Å². The number of benzene rings is 1. The van der Waals surface area contributed by atoms with Crippen molar-refractivity contribution in [1.29, 1.82) is 0 Å². The lowest BCUT2D eigenvalue weighted by Gasteiger charge is -2.17. The molecular formula is C14H20N2O5. The number of hydrogen-bond donors (Lipinski definition) is 1.